The SMILES string of the molecule is [2H]c1c([2H])c([2H])c(-c2nc(-c3ccc4c(c3)oc3ccccc34)nc(-c3cccc4oc5ccc(Cl)cc5c34)n2)c([2H])c1[2H]. The van der Waals surface area contributed by atoms with Crippen molar-refractivity contribution >= 4 is 55.5 Å². The summed E-state index contributed by atoms with van der Waals surface area (Å²) in [5.41, 5.74) is 3.67. The monoisotopic (exact) mass is 528 g/mol. The van der Waals surface area contributed by atoms with Crippen LogP contribution in [0.5, 0.6) is 0 Å². The number of nitrogens with zero attached hydrogens (tertiary/aromatic N) is 3. The highest BCUT2D eigenvalue weighted by Gasteiger charge is 2.18. The second kappa shape index (κ2) is 8.51. The van der Waals surface area contributed by atoms with Gasteiger partial charge in [0.2, 0.25) is 0 Å². The fourth-order valence-corrected chi connectivity index (χ4v) is 5.12. The third-order valence-corrected chi connectivity index (χ3v) is 6.93. The summed E-state index contributed by atoms with van der Waals surface area (Å²) in [5.74, 6) is 0.409. The van der Waals surface area contributed by atoms with Gasteiger partial charge in [-0.15, -0.1) is 0 Å². The summed E-state index contributed by atoms with van der Waals surface area (Å²) >= 11 is 6.35. The van der Waals surface area contributed by atoms with E-state index in [-0.39, 0.29) is 23.0 Å². The zero-order valence-electron chi connectivity index (χ0n) is 25.0. The fraction of sp³-hybridized carbons (Fsp3) is 0. The Morgan fingerprint density at radius 2 is 1.28 bits per heavy atom. The van der Waals surface area contributed by atoms with Crippen molar-refractivity contribution in [2.45, 2.75) is 0 Å². The normalized spacial score (nSPS) is 13.5. The lowest BCUT2D eigenvalue weighted by atomic mass is 10.1. The fourth-order valence-electron chi connectivity index (χ4n) is 4.95. The Bertz CT molecular complexity index is 2460. The lowest BCUT2D eigenvalue weighted by molar-refractivity contribution is 0.668. The molecule has 8 rings (SSSR count). The summed E-state index contributed by atoms with van der Waals surface area (Å²) in [5, 5.41) is 3.92. The van der Waals surface area contributed by atoms with Gasteiger partial charge in [0, 0.05) is 43.3 Å². The van der Waals surface area contributed by atoms with Gasteiger partial charge in [0.1, 0.15) is 22.3 Å². The average molecular weight is 529 g/mol. The van der Waals surface area contributed by atoms with Crippen molar-refractivity contribution < 1.29 is 15.7 Å². The van der Waals surface area contributed by atoms with E-state index < -0.39 is 30.2 Å². The molecule has 5 nitrogen and oxygen atoms in total. The summed E-state index contributed by atoms with van der Waals surface area (Å²) in [6.45, 7) is 0. The van der Waals surface area contributed by atoms with Gasteiger partial charge in [-0.25, -0.2) is 15.0 Å². The van der Waals surface area contributed by atoms with Gasteiger partial charge in [0.25, 0.3) is 0 Å². The van der Waals surface area contributed by atoms with E-state index in [0.29, 0.717) is 32.9 Å². The zero-order chi connectivity index (χ0) is 30.3. The topological polar surface area (TPSA) is 65.0 Å². The lowest BCUT2D eigenvalue weighted by Crippen LogP contribution is -2.00. The van der Waals surface area contributed by atoms with Gasteiger partial charge in [0.05, 0.1) is 6.85 Å². The number of furan rings is 2. The molecule has 3 heterocycles. The summed E-state index contributed by atoms with van der Waals surface area (Å²) in [6.07, 6.45) is 0. The van der Waals surface area contributed by atoms with Gasteiger partial charge in [-0.05, 0) is 42.5 Å². The maximum Gasteiger partial charge on any atom is 0.164 e. The molecule has 0 atom stereocenters. The Hall–Kier alpha value is -5.00. The molecule has 0 spiro atoms. The molecule has 0 N–H and O–H groups in total. The van der Waals surface area contributed by atoms with Crippen LogP contribution in [-0.2, 0) is 0 Å². The molecular weight excluding hydrogens is 506 g/mol. The third-order valence-electron chi connectivity index (χ3n) is 6.69. The first-order valence-electron chi connectivity index (χ1n) is 14.6. The van der Waals surface area contributed by atoms with Crippen molar-refractivity contribution in [3.05, 3.63) is 114 Å². The molecule has 0 aliphatic rings. The van der Waals surface area contributed by atoms with E-state index in [4.69, 9.17) is 37.3 Å². The maximum absolute atomic E-state index is 8.61. The van der Waals surface area contributed by atoms with Crippen LogP contribution in [0.4, 0.5) is 0 Å². The number of hydrogen-bond acceptors (Lipinski definition) is 5. The van der Waals surface area contributed by atoms with Crippen molar-refractivity contribution in [1.29, 1.82) is 0 Å². The van der Waals surface area contributed by atoms with E-state index in [1.165, 1.54) is 0 Å². The summed E-state index contributed by atoms with van der Waals surface area (Å²) < 4.78 is 54.0. The predicted octanol–water partition coefficient (Wildman–Crippen LogP) is 9.32. The molecule has 5 aromatic carbocycles. The summed E-state index contributed by atoms with van der Waals surface area (Å²) in [7, 11) is 0. The summed E-state index contributed by atoms with van der Waals surface area (Å²) in [4.78, 5) is 14.2. The van der Waals surface area contributed by atoms with Gasteiger partial charge in [-0.2, -0.15) is 0 Å². The Labute approximate surface area is 234 Å². The molecule has 8 aromatic rings. The van der Waals surface area contributed by atoms with E-state index in [1.807, 2.05) is 60.7 Å². The van der Waals surface area contributed by atoms with Gasteiger partial charge < -0.3 is 8.83 Å². The molecule has 6 heteroatoms. The first-order valence-corrected chi connectivity index (χ1v) is 12.5. The van der Waals surface area contributed by atoms with Crippen LogP contribution in [0.2, 0.25) is 5.02 Å². The van der Waals surface area contributed by atoms with Crippen LogP contribution in [0.25, 0.3) is 78.0 Å². The number of hydrogen-bond donors (Lipinski definition) is 0. The first-order chi connectivity index (χ1) is 21.3. The molecule has 0 aliphatic carbocycles. The molecule has 39 heavy (non-hydrogen) atoms. The van der Waals surface area contributed by atoms with Crippen molar-refractivity contribution in [1.82, 2.24) is 15.0 Å². The van der Waals surface area contributed by atoms with Crippen molar-refractivity contribution in [2.24, 2.45) is 0 Å². The number of benzene rings is 5. The van der Waals surface area contributed by atoms with Crippen molar-refractivity contribution in [3.8, 4) is 34.2 Å². The Balaban J connectivity index is 1.44. The third kappa shape index (κ3) is 3.59. The van der Waals surface area contributed by atoms with Crippen LogP contribution in [-0.4, -0.2) is 15.0 Å². The molecule has 0 radical (unpaired) electrons. The molecule has 0 saturated heterocycles. The molecule has 3 aromatic heterocycles. The number of para-hydroxylation sites is 1. The van der Waals surface area contributed by atoms with Gasteiger partial charge >= 0.3 is 0 Å². The van der Waals surface area contributed by atoms with E-state index >= 15 is 0 Å². The predicted molar refractivity (Wildman–Crippen MR) is 156 cm³/mol. The van der Waals surface area contributed by atoms with E-state index in [1.54, 1.807) is 18.2 Å². The molecule has 0 unspecified atom stereocenters. The maximum atomic E-state index is 8.61. The van der Waals surface area contributed by atoms with Crippen LogP contribution in [0.3, 0.4) is 0 Å². The Morgan fingerprint density at radius 1 is 0.564 bits per heavy atom. The highest BCUT2D eigenvalue weighted by atomic mass is 35.5. The van der Waals surface area contributed by atoms with Gasteiger partial charge in [0.15, 0.2) is 17.5 Å². The smallest absolute Gasteiger partial charge is 0.164 e. The lowest BCUT2D eigenvalue weighted by Gasteiger charge is -2.09. The number of rotatable bonds is 3. The van der Waals surface area contributed by atoms with Gasteiger partial charge in [-0.3, -0.25) is 0 Å². The van der Waals surface area contributed by atoms with E-state index in [0.717, 1.165) is 27.1 Å². The minimum absolute atomic E-state index is 0.0606. The Morgan fingerprint density at radius 3 is 2.18 bits per heavy atom. The van der Waals surface area contributed by atoms with E-state index in [9.17, 15) is 0 Å². The number of halogens is 1. The number of fused-ring (bicyclic) bond motifs is 6. The molecular formula is C33H18ClN3O2. The highest BCUT2D eigenvalue weighted by molar-refractivity contribution is 6.32. The van der Waals surface area contributed by atoms with Crippen molar-refractivity contribution in [3.63, 3.8) is 0 Å². The standard InChI is InChI=1S/C33H18ClN3O2/c34-21-14-16-27-25(18-21)30-24(10-6-12-28(30)38-27)33-36-31(19-7-2-1-3-8-19)35-32(37-33)20-13-15-23-22-9-4-5-11-26(22)39-29(23)17-20/h1-18H/i1D,2D,3D,7D,8D. The van der Waals surface area contributed by atoms with Gasteiger partial charge in [-0.1, -0.05) is 78.2 Å². The minimum atomic E-state index is -0.500. The molecule has 0 amide bonds. The summed E-state index contributed by atoms with van der Waals surface area (Å²) in [6, 6.07) is 21.9. The largest absolute Gasteiger partial charge is 0.456 e. The van der Waals surface area contributed by atoms with Crippen LogP contribution in [0.1, 0.15) is 6.85 Å². The molecule has 0 bridgehead atoms. The second-order valence-corrected chi connectivity index (χ2v) is 9.47. The molecule has 184 valence electrons. The molecule has 0 saturated carbocycles. The van der Waals surface area contributed by atoms with Crippen LogP contribution in [0, 0.1) is 0 Å². The molecule has 0 fully saturated rings. The quantitative estimate of drug-likeness (QED) is 0.228. The second-order valence-electron chi connectivity index (χ2n) is 9.04. The zero-order valence-corrected chi connectivity index (χ0v) is 20.8. The Kier molecular flexibility index (Phi) is 3.82. The highest BCUT2D eigenvalue weighted by Crippen LogP contribution is 2.38. The van der Waals surface area contributed by atoms with Crippen LogP contribution >= 0.6 is 11.6 Å². The van der Waals surface area contributed by atoms with Crippen LogP contribution < -0.4 is 0 Å². The average Bonchev–Trinajstić information content (AvgIpc) is 3.60. The minimum Gasteiger partial charge on any atom is -0.456 e. The molecule has 0 aliphatic heterocycles. The number of aromatic nitrogens is 3. The van der Waals surface area contributed by atoms with Crippen LogP contribution in [0.15, 0.2) is 118 Å². The van der Waals surface area contributed by atoms with E-state index in [2.05, 4.69) is 4.98 Å². The van der Waals surface area contributed by atoms with Crippen molar-refractivity contribution in [2.75, 3.05) is 0 Å². The first kappa shape index (κ1) is 17.5.